The van der Waals surface area contributed by atoms with Gasteiger partial charge in [-0.3, -0.25) is 14.2 Å². The van der Waals surface area contributed by atoms with Gasteiger partial charge in [-0.05, 0) is 57.2 Å². The molecule has 0 aliphatic carbocycles. The van der Waals surface area contributed by atoms with E-state index in [1.807, 2.05) is 0 Å². The molecule has 1 N–H and O–H groups in total. The van der Waals surface area contributed by atoms with Crippen LogP contribution in [-0.4, -0.2) is 29.6 Å². The van der Waals surface area contributed by atoms with Gasteiger partial charge in [0, 0.05) is 41.8 Å². The second-order valence-corrected chi connectivity index (χ2v) is 8.66. The molecule has 0 unspecified atom stereocenters. The van der Waals surface area contributed by atoms with Crippen molar-refractivity contribution in [2.24, 2.45) is 0 Å². The van der Waals surface area contributed by atoms with Crippen LogP contribution in [0.5, 0.6) is 11.6 Å². The molecule has 5 rings (SSSR count). The number of hydrogen-bond donors (Lipinski definition) is 1. The van der Waals surface area contributed by atoms with Crippen LogP contribution < -0.4 is 21.3 Å². The molecule has 0 aliphatic heterocycles. The Labute approximate surface area is 219 Å². The summed E-state index contributed by atoms with van der Waals surface area (Å²) in [5.41, 5.74) is 0.116. The molecule has 0 saturated carbocycles. The maximum absolute atomic E-state index is 15.1. The standard InChI is InChI=1S/C27H22F2N6O4/c1-4-33-14-20(25(37)34(27(33)38)19-8-5-17(28)6-9-19)24(36)32-18-7-10-22(21(29)13-18)39-26-15(2)16(3)31-23-11-12-30-35(23)26/h5-14H,4H2,1-3H3,(H,32,36). The van der Waals surface area contributed by atoms with Gasteiger partial charge in [-0.25, -0.2) is 23.1 Å². The van der Waals surface area contributed by atoms with Crippen LogP contribution in [0.2, 0.25) is 0 Å². The Morgan fingerprint density at radius 1 is 1.05 bits per heavy atom. The third-order valence-electron chi connectivity index (χ3n) is 6.18. The topological polar surface area (TPSA) is 113 Å². The molecule has 0 spiro atoms. The molecule has 1 amide bonds. The molecule has 0 aliphatic rings. The Bertz CT molecular complexity index is 1860. The number of nitrogens with zero attached hydrogens (tertiary/aromatic N) is 5. The third kappa shape index (κ3) is 4.67. The van der Waals surface area contributed by atoms with Gasteiger partial charge in [-0.2, -0.15) is 9.61 Å². The summed E-state index contributed by atoms with van der Waals surface area (Å²) < 4.78 is 37.7. The number of hydrogen-bond acceptors (Lipinski definition) is 6. The van der Waals surface area contributed by atoms with Crippen LogP contribution in [0.3, 0.4) is 0 Å². The van der Waals surface area contributed by atoms with Crippen molar-refractivity contribution in [1.29, 1.82) is 0 Å². The van der Waals surface area contributed by atoms with E-state index < -0.39 is 28.8 Å². The van der Waals surface area contributed by atoms with E-state index in [0.717, 1.165) is 29.0 Å². The van der Waals surface area contributed by atoms with E-state index in [1.54, 1.807) is 33.0 Å². The normalized spacial score (nSPS) is 11.1. The average molecular weight is 533 g/mol. The Kier molecular flexibility index (Phi) is 6.52. The van der Waals surface area contributed by atoms with Crippen molar-refractivity contribution in [1.82, 2.24) is 23.7 Å². The fraction of sp³-hybridized carbons (Fsp3) is 0.148. The van der Waals surface area contributed by atoms with Crippen LogP contribution in [0, 0.1) is 25.5 Å². The molecular weight excluding hydrogens is 510 g/mol. The summed E-state index contributed by atoms with van der Waals surface area (Å²) in [5.74, 6) is -2.00. The lowest BCUT2D eigenvalue weighted by Crippen LogP contribution is -2.42. The number of halogens is 2. The Morgan fingerprint density at radius 3 is 2.49 bits per heavy atom. The van der Waals surface area contributed by atoms with Crippen molar-refractivity contribution in [3.05, 3.63) is 110 Å². The maximum Gasteiger partial charge on any atom is 0.335 e. The molecule has 0 radical (unpaired) electrons. The molecule has 198 valence electrons. The first-order valence-electron chi connectivity index (χ1n) is 11.9. The SMILES string of the molecule is CCn1cc(C(=O)Nc2ccc(Oc3c(C)c(C)nc4ccnn34)c(F)c2)c(=O)n(-c2ccc(F)cc2)c1=O. The van der Waals surface area contributed by atoms with Gasteiger partial charge < -0.3 is 10.1 Å². The number of rotatable bonds is 6. The van der Waals surface area contributed by atoms with Gasteiger partial charge in [0.2, 0.25) is 5.88 Å². The van der Waals surface area contributed by atoms with E-state index in [2.05, 4.69) is 15.4 Å². The number of ether oxygens (including phenoxy) is 1. The number of nitrogens with one attached hydrogen (secondary N) is 1. The van der Waals surface area contributed by atoms with Crippen LogP contribution in [0.4, 0.5) is 14.5 Å². The van der Waals surface area contributed by atoms with E-state index in [-0.39, 0.29) is 29.2 Å². The predicted octanol–water partition coefficient (Wildman–Crippen LogP) is 4.00. The van der Waals surface area contributed by atoms with Gasteiger partial charge in [-0.15, -0.1) is 0 Å². The van der Waals surface area contributed by atoms with Gasteiger partial charge in [0.15, 0.2) is 17.2 Å². The molecule has 5 aromatic rings. The second-order valence-electron chi connectivity index (χ2n) is 8.66. The van der Waals surface area contributed by atoms with E-state index in [4.69, 9.17) is 4.74 Å². The molecule has 3 aromatic heterocycles. The maximum atomic E-state index is 15.1. The predicted molar refractivity (Wildman–Crippen MR) is 139 cm³/mol. The van der Waals surface area contributed by atoms with Crippen LogP contribution in [0.25, 0.3) is 11.3 Å². The first-order chi connectivity index (χ1) is 18.7. The highest BCUT2D eigenvalue weighted by Gasteiger charge is 2.20. The summed E-state index contributed by atoms with van der Waals surface area (Å²) in [4.78, 5) is 43.4. The highest BCUT2D eigenvalue weighted by atomic mass is 19.1. The van der Waals surface area contributed by atoms with Crippen LogP contribution >= 0.6 is 0 Å². The number of amides is 1. The van der Waals surface area contributed by atoms with Crippen LogP contribution in [0.1, 0.15) is 28.5 Å². The van der Waals surface area contributed by atoms with Gasteiger partial charge in [0.05, 0.1) is 11.9 Å². The number of benzene rings is 2. The lowest BCUT2D eigenvalue weighted by Gasteiger charge is -2.14. The molecule has 0 saturated heterocycles. The van der Waals surface area contributed by atoms with Gasteiger partial charge in [0.25, 0.3) is 11.5 Å². The zero-order valence-electron chi connectivity index (χ0n) is 21.1. The Balaban J connectivity index is 1.46. The fourth-order valence-corrected chi connectivity index (χ4v) is 3.99. The van der Waals surface area contributed by atoms with E-state index in [0.29, 0.717) is 22.8 Å². The number of carbonyl (C=O) groups excluding carboxylic acids is 1. The van der Waals surface area contributed by atoms with Crippen molar-refractivity contribution in [3.63, 3.8) is 0 Å². The van der Waals surface area contributed by atoms with Crippen molar-refractivity contribution < 1.29 is 18.3 Å². The fourth-order valence-electron chi connectivity index (χ4n) is 3.99. The molecule has 10 nitrogen and oxygen atoms in total. The smallest absolute Gasteiger partial charge is 0.335 e. The average Bonchev–Trinajstić information content (AvgIpc) is 3.37. The van der Waals surface area contributed by atoms with Crippen LogP contribution in [0.15, 0.2) is 70.5 Å². The molecule has 0 fully saturated rings. The zero-order chi connectivity index (χ0) is 27.8. The lowest BCUT2D eigenvalue weighted by atomic mass is 10.2. The van der Waals surface area contributed by atoms with Crippen molar-refractivity contribution in [2.75, 3.05) is 5.32 Å². The summed E-state index contributed by atoms with van der Waals surface area (Å²) in [6.07, 6.45) is 2.69. The minimum Gasteiger partial charge on any atom is -0.435 e. The number of aromatic nitrogens is 5. The number of aryl methyl sites for hydroxylation is 2. The minimum atomic E-state index is -0.902. The Hall–Kier alpha value is -5.13. The summed E-state index contributed by atoms with van der Waals surface area (Å²) in [6.45, 7) is 5.41. The van der Waals surface area contributed by atoms with Crippen molar-refractivity contribution in [3.8, 4) is 17.3 Å². The summed E-state index contributed by atoms with van der Waals surface area (Å²) >= 11 is 0. The van der Waals surface area contributed by atoms with E-state index >= 15 is 4.39 Å². The molecule has 12 heteroatoms. The second kappa shape index (κ2) is 9.97. The molecule has 39 heavy (non-hydrogen) atoms. The van der Waals surface area contributed by atoms with Crippen molar-refractivity contribution >= 4 is 17.2 Å². The summed E-state index contributed by atoms with van der Waals surface area (Å²) in [5, 5.41) is 6.66. The number of carbonyl (C=O) groups is 1. The molecule has 3 heterocycles. The Morgan fingerprint density at radius 2 is 1.79 bits per heavy atom. The van der Waals surface area contributed by atoms with Crippen molar-refractivity contribution in [2.45, 2.75) is 27.3 Å². The molecular formula is C27H22F2N6O4. The summed E-state index contributed by atoms with van der Waals surface area (Å²) in [6, 6.07) is 10.2. The zero-order valence-corrected chi connectivity index (χ0v) is 21.1. The minimum absolute atomic E-state index is 0.0543. The largest absolute Gasteiger partial charge is 0.435 e. The third-order valence-corrected chi connectivity index (χ3v) is 6.18. The van der Waals surface area contributed by atoms with E-state index in [1.165, 1.54) is 33.3 Å². The monoisotopic (exact) mass is 532 g/mol. The van der Waals surface area contributed by atoms with Gasteiger partial charge >= 0.3 is 5.69 Å². The highest BCUT2D eigenvalue weighted by Crippen LogP contribution is 2.30. The van der Waals surface area contributed by atoms with Crippen LogP contribution in [-0.2, 0) is 6.54 Å². The van der Waals surface area contributed by atoms with Gasteiger partial charge in [0.1, 0.15) is 11.4 Å². The molecule has 0 atom stereocenters. The molecule has 2 aromatic carbocycles. The number of fused-ring (bicyclic) bond motifs is 1. The highest BCUT2D eigenvalue weighted by molar-refractivity contribution is 6.03. The van der Waals surface area contributed by atoms with Gasteiger partial charge in [-0.1, -0.05) is 0 Å². The quantitative estimate of drug-likeness (QED) is 0.354. The summed E-state index contributed by atoms with van der Waals surface area (Å²) in [7, 11) is 0. The molecule has 0 bridgehead atoms. The lowest BCUT2D eigenvalue weighted by molar-refractivity contribution is 0.102. The number of anilines is 1. The first-order valence-corrected chi connectivity index (χ1v) is 11.9. The first kappa shape index (κ1) is 25.5. The van der Waals surface area contributed by atoms with E-state index in [9.17, 15) is 18.8 Å².